The van der Waals surface area contributed by atoms with Gasteiger partial charge in [-0.15, -0.1) is 0 Å². The Kier molecular flexibility index (Phi) is 4.78. The molecule has 1 aromatic carbocycles. The first kappa shape index (κ1) is 17.1. The van der Waals surface area contributed by atoms with Crippen LogP contribution in [-0.4, -0.2) is 46.0 Å². The maximum Gasteiger partial charge on any atom is 0.181 e. The van der Waals surface area contributed by atoms with E-state index in [1.807, 2.05) is 30.5 Å². The van der Waals surface area contributed by atoms with Crippen LogP contribution in [0.3, 0.4) is 0 Å². The Hall–Kier alpha value is -3.29. The smallest absolute Gasteiger partial charge is 0.181 e. The number of nitrogens with zero attached hydrogens (tertiary/aromatic N) is 5. The van der Waals surface area contributed by atoms with Crippen LogP contribution in [0.5, 0.6) is 5.75 Å². The monoisotopic (exact) mass is 365 g/mol. The summed E-state index contributed by atoms with van der Waals surface area (Å²) in [6.07, 6.45) is 6.99. The predicted molar refractivity (Wildman–Crippen MR) is 105 cm³/mol. The molecule has 0 spiro atoms. The van der Waals surface area contributed by atoms with E-state index in [-0.39, 0.29) is 0 Å². The van der Waals surface area contributed by atoms with Crippen LogP contribution in [0.25, 0.3) is 5.82 Å². The third-order valence-corrected chi connectivity index (χ3v) is 4.85. The molecule has 3 aromatic rings. The van der Waals surface area contributed by atoms with E-state index >= 15 is 0 Å². The summed E-state index contributed by atoms with van der Waals surface area (Å²) in [6, 6.07) is 10.3. The Balaban J connectivity index is 1.43. The van der Waals surface area contributed by atoms with Crippen LogP contribution in [0.15, 0.2) is 49.1 Å². The van der Waals surface area contributed by atoms with E-state index in [9.17, 15) is 0 Å². The fourth-order valence-electron chi connectivity index (χ4n) is 3.43. The zero-order chi connectivity index (χ0) is 18.6. The topological polar surface area (TPSA) is 94.1 Å². The molecular formula is C19H23N7O. The fourth-order valence-corrected chi connectivity index (χ4v) is 3.43. The molecule has 1 fully saturated rings. The second-order valence-corrected chi connectivity index (χ2v) is 6.49. The molecule has 0 atom stereocenters. The first-order valence-corrected chi connectivity index (χ1v) is 9.01. The van der Waals surface area contributed by atoms with Gasteiger partial charge in [0, 0.05) is 31.5 Å². The molecule has 0 bridgehead atoms. The number of hydrogen-bond donors (Lipinski definition) is 2. The van der Waals surface area contributed by atoms with Gasteiger partial charge in [0.15, 0.2) is 11.6 Å². The van der Waals surface area contributed by atoms with E-state index in [1.54, 1.807) is 18.0 Å². The van der Waals surface area contributed by atoms with Gasteiger partial charge in [-0.05, 0) is 31.0 Å². The average Bonchev–Trinajstić information content (AvgIpc) is 3.25. The Bertz CT molecular complexity index is 889. The van der Waals surface area contributed by atoms with Gasteiger partial charge in [0.2, 0.25) is 0 Å². The molecule has 0 aliphatic carbocycles. The second-order valence-electron chi connectivity index (χ2n) is 6.49. The third kappa shape index (κ3) is 3.51. The van der Waals surface area contributed by atoms with Crippen LogP contribution >= 0.6 is 0 Å². The predicted octanol–water partition coefficient (Wildman–Crippen LogP) is 2.33. The van der Waals surface area contributed by atoms with Crippen molar-refractivity contribution in [2.24, 2.45) is 0 Å². The lowest BCUT2D eigenvalue weighted by Gasteiger charge is -2.35. The van der Waals surface area contributed by atoms with Crippen LogP contribution in [-0.2, 0) is 0 Å². The first-order chi connectivity index (χ1) is 13.3. The minimum atomic E-state index is 0.304. The van der Waals surface area contributed by atoms with Crippen molar-refractivity contribution in [3.05, 3.63) is 49.1 Å². The Morgan fingerprint density at radius 2 is 1.96 bits per heavy atom. The van der Waals surface area contributed by atoms with Crippen LogP contribution in [0.1, 0.15) is 12.8 Å². The van der Waals surface area contributed by atoms with Gasteiger partial charge in [0.25, 0.3) is 0 Å². The summed E-state index contributed by atoms with van der Waals surface area (Å²) in [7, 11) is 1.71. The summed E-state index contributed by atoms with van der Waals surface area (Å²) in [5.74, 6) is 2.16. The summed E-state index contributed by atoms with van der Waals surface area (Å²) in [6.45, 7) is 1.88. The largest absolute Gasteiger partial charge is 0.495 e. The number of ether oxygens (including phenoxy) is 1. The molecule has 140 valence electrons. The van der Waals surface area contributed by atoms with Crippen LogP contribution < -0.4 is 20.7 Å². The lowest BCUT2D eigenvalue weighted by atomic mass is 10.0. The highest BCUT2D eigenvalue weighted by atomic mass is 16.5. The normalized spacial score (nSPS) is 14.9. The van der Waals surface area contributed by atoms with Crippen molar-refractivity contribution in [3.8, 4) is 11.6 Å². The van der Waals surface area contributed by atoms with Crippen molar-refractivity contribution in [1.29, 1.82) is 0 Å². The molecule has 0 unspecified atom stereocenters. The number of methoxy groups -OCH3 is 1. The zero-order valence-corrected chi connectivity index (χ0v) is 15.2. The van der Waals surface area contributed by atoms with Gasteiger partial charge >= 0.3 is 0 Å². The van der Waals surface area contributed by atoms with Crippen LogP contribution in [0, 0.1) is 0 Å². The van der Waals surface area contributed by atoms with Gasteiger partial charge in [-0.2, -0.15) is 5.10 Å². The van der Waals surface area contributed by atoms with Crippen molar-refractivity contribution < 1.29 is 4.74 Å². The molecule has 4 rings (SSSR count). The minimum Gasteiger partial charge on any atom is -0.495 e. The molecule has 27 heavy (non-hydrogen) atoms. The Morgan fingerprint density at radius 1 is 1.15 bits per heavy atom. The summed E-state index contributed by atoms with van der Waals surface area (Å²) < 4.78 is 7.13. The van der Waals surface area contributed by atoms with Crippen molar-refractivity contribution >= 4 is 17.2 Å². The molecule has 0 radical (unpaired) electrons. The number of para-hydroxylation sites is 2. The van der Waals surface area contributed by atoms with Gasteiger partial charge < -0.3 is 20.7 Å². The number of nitrogens with two attached hydrogens (primary N) is 1. The number of aromatic nitrogens is 4. The molecule has 3 N–H and O–H groups in total. The molecule has 1 aliphatic rings. The van der Waals surface area contributed by atoms with Crippen molar-refractivity contribution in [1.82, 2.24) is 19.7 Å². The van der Waals surface area contributed by atoms with Crippen molar-refractivity contribution in [3.63, 3.8) is 0 Å². The third-order valence-electron chi connectivity index (χ3n) is 4.85. The lowest BCUT2D eigenvalue weighted by Crippen LogP contribution is -2.39. The van der Waals surface area contributed by atoms with Crippen LogP contribution in [0.4, 0.5) is 17.2 Å². The van der Waals surface area contributed by atoms with E-state index in [0.717, 1.165) is 37.4 Å². The number of nitrogen functional groups attached to an aromatic ring is 1. The molecule has 2 aromatic heterocycles. The molecule has 8 heteroatoms. The minimum absolute atomic E-state index is 0.304. The maximum absolute atomic E-state index is 6.27. The van der Waals surface area contributed by atoms with E-state index in [4.69, 9.17) is 10.5 Å². The molecule has 1 saturated heterocycles. The van der Waals surface area contributed by atoms with Crippen LogP contribution in [0.2, 0.25) is 0 Å². The summed E-state index contributed by atoms with van der Waals surface area (Å²) in [5.41, 5.74) is 7.92. The SMILES string of the molecule is COc1ccccc1N1CCC(Nc2ncnc(-n3cccn3)c2N)CC1. The number of benzene rings is 1. The second kappa shape index (κ2) is 7.53. The number of piperidine rings is 1. The quantitative estimate of drug-likeness (QED) is 0.716. The fraction of sp³-hybridized carbons (Fsp3) is 0.316. The standard InChI is InChI=1S/C19H23N7O/c1-27-16-6-3-2-5-15(16)25-11-7-14(8-12-25)24-18-17(20)19(22-13-21-18)26-10-4-9-23-26/h2-6,9-10,13-14H,7-8,11-12,20H2,1H3,(H,21,22,24). The highest BCUT2D eigenvalue weighted by Crippen LogP contribution is 2.31. The van der Waals surface area contributed by atoms with Gasteiger partial charge in [0.1, 0.15) is 17.8 Å². The molecule has 3 heterocycles. The summed E-state index contributed by atoms with van der Waals surface area (Å²) in [5, 5.41) is 7.67. The zero-order valence-electron chi connectivity index (χ0n) is 15.2. The highest BCUT2D eigenvalue weighted by Gasteiger charge is 2.22. The average molecular weight is 365 g/mol. The van der Waals surface area contributed by atoms with E-state index < -0.39 is 0 Å². The highest BCUT2D eigenvalue weighted by molar-refractivity contribution is 5.69. The van der Waals surface area contributed by atoms with Gasteiger partial charge in [0.05, 0.1) is 12.8 Å². The molecule has 0 amide bonds. The maximum atomic E-state index is 6.27. The lowest BCUT2D eigenvalue weighted by molar-refractivity contribution is 0.411. The van der Waals surface area contributed by atoms with Crippen molar-refractivity contribution in [2.45, 2.75) is 18.9 Å². The van der Waals surface area contributed by atoms with Gasteiger partial charge in [-0.25, -0.2) is 14.6 Å². The molecular weight excluding hydrogens is 342 g/mol. The van der Waals surface area contributed by atoms with E-state index in [1.165, 1.54) is 6.33 Å². The molecule has 1 aliphatic heterocycles. The number of rotatable bonds is 5. The number of anilines is 3. The van der Waals surface area contributed by atoms with Gasteiger partial charge in [-0.3, -0.25) is 0 Å². The number of hydrogen-bond acceptors (Lipinski definition) is 7. The van der Waals surface area contributed by atoms with Crippen molar-refractivity contribution in [2.75, 3.05) is 36.1 Å². The van der Waals surface area contributed by atoms with E-state index in [2.05, 4.69) is 31.3 Å². The Morgan fingerprint density at radius 3 is 2.70 bits per heavy atom. The number of nitrogens with one attached hydrogen (secondary N) is 1. The van der Waals surface area contributed by atoms with Gasteiger partial charge in [-0.1, -0.05) is 12.1 Å². The summed E-state index contributed by atoms with van der Waals surface area (Å²) >= 11 is 0. The molecule has 8 nitrogen and oxygen atoms in total. The molecule has 0 saturated carbocycles. The first-order valence-electron chi connectivity index (χ1n) is 9.01. The van der Waals surface area contributed by atoms with E-state index in [0.29, 0.717) is 23.4 Å². The summed E-state index contributed by atoms with van der Waals surface area (Å²) in [4.78, 5) is 10.9. The Labute approximate surface area is 158 Å².